The third-order valence-electron chi connectivity index (χ3n) is 3.43. The molecule has 7 nitrogen and oxygen atoms in total. The summed E-state index contributed by atoms with van der Waals surface area (Å²) >= 11 is 3.14. The number of hydrazone groups is 1. The molecular formula is C18H14BrN3O4. The second-order valence-electron chi connectivity index (χ2n) is 5.25. The van der Waals surface area contributed by atoms with E-state index in [4.69, 9.17) is 8.83 Å². The van der Waals surface area contributed by atoms with Gasteiger partial charge in [0.05, 0.1) is 12.0 Å². The van der Waals surface area contributed by atoms with E-state index >= 15 is 0 Å². The third-order valence-corrected chi connectivity index (χ3v) is 3.85. The normalized spacial score (nSPS) is 11.2. The Morgan fingerprint density at radius 2 is 1.77 bits per heavy atom. The smallest absolute Gasteiger partial charge is 0.307 e. The zero-order valence-corrected chi connectivity index (χ0v) is 15.2. The van der Waals surface area contributed by atoms with Crippen molar-refractivity contribution in [2.24, 2.45) is 5.10 Å². The minimum Gasteiger partial charge on any atom is -0.459 e. The van der Waals surface area contributed by atoms with Crippen LogP contribution in [0.5, 0.6) is 0 Å². The van der Waals surface area contributed by atoms with Crippen molar-refractivity contribution < 1.29 is 18.4 Å². The highest BCUT2D eigenvalue weighted by Crippen LogP contribution is 2.14. The summed E-state index contributed by atoms with van der Waals surface area (Å²) in [5.74, 6) is -0.383. The second kappa shape index (κ2) is 7.83. The lowest BCUT2D eigenvalue weighted by Crippen LogP contribution is -2.18. The molecule has 3 rings (SSSR count). The van der Waals surface area contributed by atoms with Crippen LogP contribution >= 0.6 is 15.9 Å². The summed E-state index contributed by atoms with van der Waals surface area (Å²) in [4.78, 5) is 23.8. The lowest BCUT2D eigenvalue weighted by molar-refractivity contribution is 0.0925. The molecule has 1 aromatic carbocycles. The molecule has 132 valence electrons. The van der Waals surface area contributed by atoms with Crippen molar-refractivity contribution in [3.05, 3.63) is 76.5 Å². The van der Waals surface area contributed by atoms with Gasteiger partial charge in [0.15, 0.2) is 16.2 Å². The van der Waals surface area contributed by atoms with Crippen LogP contribution in [-0.2, 0) is 0 Å². The molecule has 2 heterocycles. The lowest BCUT2D eigenvalue weighted by Gasteiger charge is -2.05. The number of nitrogens with zero attached hydrogens (tertiary/aromatic N) is 1. The number of rotatable bonds is 5. The minimum atomic E-state index is -0.447. The first-order valence-electron chi connectivity index (χ1n) is 7.58. The number of hydrogen-bond donors (Lipinski definition) is 2. The van der Waals surface area contributed by atoms with Gasteiger partial charge in [-0.25, -0.2) is 5.43 Å². The zero-order chi connectivity index (χ0) is 18.5. The Kier molecular flexibility index (Phi) is 5.33. The SMILES string of the molecule is C/C(=N\NC(=O)c1ccc(Br)o1)c1ccc(NC(=O)c2ccco2)cc1. The van der Waals surface area contributed by atoms with Gasteiger partial charge in [-0.3, -0.25) is 9.59 Å². The first-order chi connectivity index (χ1) is 12.5. The van der Waals surface area contributed by atoms with E-state index in [1.54, 1.807) is 55.5 Å². The van der Waals surface area contributed by atoms with Crippen molar-refractivity contribution in [1.82, 2.24) is 5.43 Å². The Labute approximate surface area is 157 Å². The van der Waals surface area contributed by atoms with Gasteiger partial charge in [0.25, 0.3) is 5.91 Å². The summed E-state index contributed by atoms with van der Waals surface area (Å²) in [5, 5.41) is 6.78. The summed E-state index contributed by atoms with van der Waals surface area (Å²) in [6.07, 6.45) is 1.44. The van der Waals surface area contributed by atoms with Crippen molar-refractivity contribution in [2.75, 3.05) is 5.32 Å². The molecule has 0 aliphatic carbocycles. The van der Waals surface area contributed by atoms with Gasteiger partial charge in [-0.05, 0) is 64.8 Å². The molecule has 8 heteroatoms. The van der Waals surface area contributed by atoms with Crippen LogP contribution in [0.2, 0.25) is 0 Å². The molecule has 0 bridgehead atoms. The Morgan fingerprint density at radius 1 is 1.00 bits per heavy atom. The van der Waals surface area contributed by atoms with E-state index in [-0.39, 0.29) is 17.4 Å². The summed E-state index contributed by atoms with van der Waals surface area (Å²) < 4.78 is 10.7. The monoisotopic (exact) mass is 415 g/mol. The summed E-state index contributed by atoms with van der Waals surface area (Å²) in [6, 6.07) is 13.4. The number of amides is 2. The van der Waals surface area contributed by atoms with E-state index in [1.807, 2.05) is 0 Å². The predicted molar refractivity (Wildman–Crippen MR) is 99.2 cm³/mol. The molecule has 3 aromatic rings. The van der Waals surface area contributed by atoms with Crippen LogP contribution in [0.3, 0.4) is 0 Å². The number of anilines is 1. The van der Waals surface area contributed by atoms with Crippen molar-refractivity contribution in [2.45, 2.75) is 6.92 Å². The van der Waals surface area contributed by atoms with Crippen molar-refractivity contribution >= 4 is 39.1 Å². The molecule has 0 saturated heterocycles. The van der Waals surface area contributed by atoms with Crippen molar-refractivity contribution in [1.29, 1.82) is 0 Å². The molecule has 0 spiro atoms. The molecule has 26 heavy (non-hydrogen) atoms. The van der Waals surface area contributed by atoms with E-state index < -0.39 is 5.91 Å². The van der Waals surface area contributed by atoms with Gasteiger partial charge in [-0.1, -0.05) is 12.1 Å². The standard InChI is InChI=1S/C18H14BrN3O4/c1-11(21-22-18(24)15-8-9-16(19)26-15)12-4-6-13(7-5-12)20-17(23)14-3-2-10-25-14/h2-10H,1H3,(H,20,23)(H,22,24)/b21-11+. The molecule has 0 saturated carbocycles. The Bertz CT molecular complexity index is 943. The van der Waals surface area contributed by atoms with Gasteiger partial charge >= 0.3 is 5.91 Å². The summed E-state index contributed by atoms with van der Waals surface area (Å²) in [5.41, 5.74) is 4.44. The number of furan rings is 2. The number of carbonyl (C=O) groups excluding carboxylic acids is 2. The van der Waals surface area contributed by atoms with E-state index in [0.717, 1.165) is 5.56 Å². The highest BCUT2D eigenvalue weighted by atomic mass is 79.9. The zero-order valence-electron chi connectivity index (χ0n) is 13.7. The topological polar surface area (TPSA) is 96.8 Å². The van der Waals surface area contributed by atoms with Crippen LogP contribution in [0.1, 0.15) is 33.6 Å². The molecule has 0 aliphatic rings. The van der Waals surface area contributed by atoms with Gasteiger partial charge in [-0.15, -0.1) is 0 Å². The largest absolute Gasteiger partial charge is 0.459 e. The second-order valence-corrected chi connectivity index (χ2v) is 6.03. The maximum Gasteiger partial charge on any atom is 0.307 e. The third kappa shape index (κ3) is 4.28. The van der Waals surface area contributed by atoms with Crippen LogP contribution in [0.25, 0.3) is 0 Å². The van der Waals surface area contributed by atoms with Gasteiger partial charge in [0.1, 0.15) is 0 Å². The minimum absolute atomic E-state index is 0.157. The molecular weight excluding hydrogens is 402 g/mol. The molecule has 0 aliphatic heterocycles. The van der Waals surface area contributed by atoms with Crippen LogP contribution < -0.4 is 10.7 Å². The van der Waals surface area contributed by atoms with Gasteiger partial charge < -0.3 is 14.2 Å². The molecule has 2 N–H and O–H groups in total. The van der Waals surface area contributed by atoms with E-state index in [2.05, 4.69) is 31.8 Å². The van der Waals surface area contributed by atoms with E-state index in [1.165, 1.54) is 6.26 Å². The fourth-order valence-corrected chi connectivity index (χ4v) is 2.39. The molecule has 0 atom stereocenters. The maximum atomic E-state index is 11.9. The van der Waals surface area contributed by atoms with E-state index in [9.17, 15) is 9.59 Å². The molecule has 2 amide bonds. The Hall–Kier alpha value is -3.13. The van der Waals surface area contributed by atoms with Crippen LogP contribution in [-0.4, -0.2) is 17.5 Å². The predicted octanol–water partition coefficient (Wildman–Crippen LogP) is 4.04. The highest BCUT2D eigenvalue weighted by molar-refractivity contribution is 9.10. The first kappa shape index (κ1) is 17.7. The molecule has 2 aromatic heterocycles. The summed E-state index contributed by atoms with van der Waals surface area (Å²) in [6.45, 7) is 1.76. The fraction of sp³-hybridized carbons (Fsp3) is 0.0556. The lowest BCUT2D eigenvalue weighted by atomic mass is 10.1. The fourth-order valence-electron chi connectivity index (χ4n) is 2.09. The average molecular weight is 416 g/mol. The van der Waals surface area contributed by atoms with Crippen molar-refractivity contribution in [3.63, 3.8) is 0 Å². The van der Waals surface area contributed by atoms with E-state index in [0.29, 0.717) is 16.1 Å². The van der Waals surface area contributed by atoms with Crippen molar-refractivity contribution in [3.8, 4) is 0 Å². The summed E-state index contributed by atoms with van der Waals surface area (Å²) in [7, 11) is 0. The first-order valence-corrected chi connectivity index (χ1v) is 8.37. The number of halogens is 1. The number of carbonyl (C=O) groups is 2. The molecule has 0 unspecified atom stereocenters. The Morgan fingerprint density at radius 3 is 2.38 bits per heavy atom. The Balaban J connectivity index is 1.62. The van der Waals surface area contributed by atoms with Crippen LogP contribution in [0.15, 0.2) is 73.4 Å². The van der Waals surface area contributed by atoms with Crippen LogP contribution in [0.4, 0.5) is 5.69 Å². The number of hydrogen-bond acceptors (Lipinski definition) is 5. The number of benzene rings is 1. The highest BCUT2D eigenvalue weighted by Gasteiger charge is 2.10. The quantitative estimate of drug-likeness (QED) is 0.485. The average Bonchev–Trinajstić information content (AvgIpc) is 3.31. The molecule has 0 fully saturated rings. The van der Waals surface area contributed by atoms with Gasteiger partial charge in [0.2, 0.25) is 0 Å². The number of nitrogens with one attached hydrogen (secondary N) is 2. The van der Waals surface area contributed by atoms with Gasteiger partial charge in [0, 0.05) is 5.69 Å². The van der Waals surface area contributed by atoms with Crippen LogP contribution in [0, 0.1) is 0 Å². The molecule has 0 radical (unpaired) electrons. The van der Waals surface area contributed by atoms with Gasteiger partial charge in [-0.2, -0.15) is 5.10 Å². The maximum absolute atomic E-state index is 11.9.